The normalized spacial score (nSPS) is 12.5. The van der Waals surface area contributed by atoms with E-state index in [0.717, 1.165) is 25.8 Å². The molecular formula is C25H51NO2. The summed E-state index contributed by atoms with van der Waals surface area (Å²) in [6, 6.07) is 0. The zero-order chi connectivity index (χ0) is 20.9. The zero-order valence-corrected chi connectivity index (χ0v) is 19.4. The third kappa shape index (κ3) is 16.6. The van der Waals surface area contributed by atoms with Crippen molar-refractivity contribution in [3.05, 3.63) is 12.2 Å². The fourth-order valence-corrected chi connectivity index (χ4v) is 3.70. The third-order valence-electron chi connectivity index (χ3n) is 5.98. The fraction of sp³-hybridized carbons (Fsp3) is 0.920. The molecule has 0 amide bonds. The summed E-state index contributed by atoms with van der Waals surface area (Å²) < 4.78 is 0. The maximum absolute atomic E-state index is 9.73. The molecule has 0 bridgehead atoms. The van der Waals surface area contributed by atoms with E-state index in [1.54, 1.807) is 0 Å². The lowest BCUT2D eigenvalue weighted by atomic mass is 9.80. The summed E-state index contributed by atoms with van der Waals surface area (Å²) in [5.41, 5.74) is -0.287. The number of aliphatic hydroxyl groups excluding tert-OH is 2. The summed E-state index contributed by atoms with van der Waals surface area (Å²) >= 11 is 0. The number of unbranched alkanes of at least 4 members (excludes halogenated alkanes) is 12. The van der Waals surface area contributed by atoms with E-state index in [-0.39, 0.29) is 18.6 Å². The van der Waals surface area contributed by atoms with Crippen LogP contribution in [0.2, 0.25) is 0 Å². The lowest BCUT2D eigenvalue weighted by molar-refractivity contribution is 0.0322. The minimum absolute atomic E-state index is 0.0996. The average molecular weight is 398 g/mol. The summed E-state index contributed by atoms with van der Waals surface area (Å²) in [5, 5.41) is 19.5. The van der Waals surface area contributed by atoms with Gasteiger partial charge >= 0.3 is 0 Å². The largest absolute Gasteiger partial charge is 0.396 e. The van der Waals surface area contributed by atoms with E-state index < -0.39 is 0 Å². The molecule has 0 spiro atoms. The molecule has 0 unspecified atom stereocenters. The standard InChI is InChI=1S/C25H51NO2/c1-4-5-6-7-8-9-10-11-12-13-14-15-16-17-18-19-20-25(23-27,24-28)21-22-26(2)3/h11-12,27-28H,4-10,13-24H2,1-3H3/b12-11-. The minimum Gasteiger partial charge on any atom is -0.396 e. The van der Waals surface area contributed by atoms with E-state index in [4.69, 9.17) is 0 Å². The molecule has 28 heavy (non-hydrogen) atoms. The van der Waals surface area contributed by atoms with Crippen molar-refractivity contribution in [2.45, 2.75) is 110 Å². The van der Waals surface area contributed by atoms with Crippen LogP contribution < -0.4 is 0 Å². The van der Waals surface area contributed by atoms with Crippen molar-refractivity contribution in [2.75, 3.05) is 33.9 Å². The summed E-state index contributed by atoms with van der Waals surface area (Å²) in [4.78, 5) is 2.13. The van der Waals surface area contributed by atoms with Gasteiger partial charge in [-0.1, -0.05) is 83.3 Å². The molecule has 0 rings (SSSR count). The Bertz CT molecular complexity index is 337. The molecule has 0 atom stereocenters. The molecule has 0 aromatic carbocycles. The van der Waals surface area contributed by atoms with Crippen LogP contribution in [-0.2, 0) is 0 Å². The molecule has 0 aliphatic carbocycles. The number of hydrogen-bond acceptors (Lipinski definition) is 3. The molecule has 2 N–H and O–H groups in total. The number of aliphatic hydroxyl groups is 2. The first-order valence-electron chi connectivity index (χ1n) is 12.1. The van der Waals surface area contributed by atoms with Crippen LogP contribution in [0.1, 0.15) is 110 Å². The van der Waals surface area contributed by atoms with E-state index in [1.165, 1.54) is 83.5 Å². The van der Waals surface area contributed by atoms with Crippen molar-refractivity contribution in [1.29, 1.82) is 0 Å². The van der Waals surface area contributed by atoms with E-state index in [9.17, 15) is 10.2 Å². The molecular weight excluding hydrogens is 346 g/mol. The van der Waals surface area contributed by atoms with Crippen molar-refractivity contribution < 1.29 is 10.2 Å². The van der Waals surface area contributed by atoms with Crippen molar-refractivity contribution >= 4 is 0 Å². The van der Waals surface area contributed by atoms with Crippen LogP contribution in [0, 0.1) is 5.41 Å². The molecule has 0 saturated carbocycles. The van der Waals surface area contributed by atoms with Gasteiger partial charge in [-0.25, -0.2) is 0 Å². The molecule has 0 saturated heterocycles. The topological polar surface area (TPSA) is 43.7 Å². The van der Waals surface area contributed by atoms with Gasteiger partial charge in [0.15, 0.2) is 0 Å². The van der Waals surface area contributed by atoms with Crippen molar-refractivity contribution in [3.8, 4) is 0 Å². The Balaban J connectivity index is 3.52. The van der Waals surface area contributed by atoms with Crippen LogP contribution >= 0.6 is 0 Å². The number of rotatable bonds is 21. The smallest absolute Gasteiger partial charge is 0.0509 e. The summed E-state index contributed by atoms with van der Waals surface area (Å²) in [5.74, 6) is 0. The van der Waals surface area contributed by atoms with Gasteiger partial charge in [0.1, 0.15) is 0 Å². The highest BCUT2D eigenvalue weighted by Crippen LogP contribution is 2.28. The predicted molar refractivity (Wildman–Crippen MR) is 124 cm³/mol. The third-order valence-corrected chi connectivity index (χ3v) is 5.98. The molecule has 0 fully saturated rings. The molecule has 0 aromatic rings. The van der Waals surface area contributed by atoms with Gasteiger partial charge in [0.25, 0.3) is 0 Å². The Kier molecular flexibility index (Phi) is 19.6. The molecule has 0 aromatic heterocycles. The second-order valence-corrected chi connectivity index (χ2v) is 9.06. The first kappa shape index (κ1) is 27.6. The molecule has 0 aliphatic rings. The molecule has 3 heteroatoms. The fourth-order valence-electron chi connectivity index (χ4n) is 3.70. The Morgan fingerprint density at radius 3 is 1.57 bits per heavy atom. The Morgan fingerprint density at radius 1 is 0.643 bits per heavy atom. The van der Waals surface area contributed by atoms with Crippen LogP contribution in [0.25, 0.3) is 0 Å². The summed E-state index contributed by atoms with van der Waals surface area (Å²) in [6.07, 6.45) is 25.0. The second-order valence-electron chi connectivity index (χ2n) is 9.06. The maximum atomic E-state index is 9.73. The predicted octanol–water partition coefficient (Wildman–Crippen LogP) is 6.34. The van der Waals surface area contributed by atoms with Crippen LogP contribution in [-0.4, -0.2) is 49.0 Å². The van der Waals surface area contributed by atoms with E-state index in [1.807, 2.05) is 14.1 Å². The van der Waals surface area contributed by atoms with Crippen molar-refractivity contribution in [2.24, 2.45) is 5.41 Å². The zero-order valence-electron chi connectivity index (χ0n) is 19.4. The minimum atomic E-state index is -0.287. The van der Waals surface area contributed by atoms with Crippen LogP contribution in [0.4, 0.5) is 0 Å². The van der Waals surface area contributed by atoms with Crippen molar-refractivity contribution in [1.82, 2.24) is 4.90 Å². The van der Waals surface area contributed by atoms with Crippen LogP contribution in [0.3, 0.4) is 0 Å². The molecule has 3 nitrogen and oxygen atoms in total. The Hall–Kier alpha value is -0.380. The van der Waals surface area contributed by atoms with Crippen LogP contribution in [0.5, 0.6) is 0 Å². The highest BCUT2D eigenvalue weighted by Gasteiger charge is 2.27. The molecule has 0 aliphatic heterocycles. The SMILES string of the molecule is CCCCCCCC/C=C\CCCCCCCCC(CO)(CO)CCN(C)C. The quantitative estimate of drug-likeness (QED) is 0.175. The molecule has 0 heterocycles. The molecule has 168 valence electrons. The van der Waals surface area contributed by atoms with Gasteiger partial charge in [0.2, 0.25) is 0 Å². The van der Waals surface area contributed by atoms with E-state index >= 15 is 0 Å². The Morgan fingerprint density at radius 2 is 1.11 bits per heavy atom. The monoisotopic (exact) mass is 397 g/mol. The van der Waals surface area contributed by atoms with Gasteiger partial charge in [-0.15, -0.1) is 0 Å². The van der Waals surface area contributed by atoms with Gasteiger partial charge in [-0.05, 0) is 59.2 Å². The number of nitrogens with zero attached hydrogens (tertiary/aromatic N) is 1. The number of allylic oxidation sites excluding steroid dienone is 2. The first-order valence-corrected chi connectivity index (χ1v) is 12.1. The van der Waals surface area contributed by atoms with Crippen LogP contribution in [0.15, 0.2) is 12.2 Å². The van der Waals surface area contributed by atoms with Crippen molar-refractivity contribution in [3.63, 3.8) is 0 Å². The lowest BCUT2D eigenvalue weighted by Gasteiger charge is -2.31. The summed E-state index contributed by atoms with van der Waals surface area (Å²) in [6.45, 7) is 3.40. The highest BCUT2D eigenvalue weighted by atomic mass is 16.3. The van der Waals surface area contributed by atoms with Gasteiger partial charge in [0, 0.05) is 5.41 Å². The van der Waals surface area contributed by atoms with E-state index in [0.29, 0.717) is 0 Å². The maximum Gasteiger partial charge on any atom is 0.0509 e. The van der Waals surface area contributed by atoms with Gasteiger partial charge in [-0.3, -0.25) is 0 Å². The highest BCUT2D eigenvalue weighted by molar-refractivity contribution is 4.81. The first-order chi connectivity index (χ1) is 13.6. The van der Waals surface area contributed by atoms with Gasteiger partial charge in [-0.2, -0.15) is 0 Å². The summed E-state index contributed by atoms with van der Waals surface area (Å²) in [7, 11) is 4.09. The number of hydrogen-bond donors (Lipinski definition) is 2. The molecule has 0 radical (unpaired) electrons. The lowest BCUT2D eigenvalue weighted by Crippen LogP contribution is -2.33. The van der Waals surface area contributed by atoms with Gasteiger partial charge < -0.3 is 15.1 Å². The average Bonchev–Trinajstić information content (AvgIpc) is 2.70. The second kappa shape index (κ2) is 19.9. The van der Waals surface area contributed by atoms with E-state index in [2.05, 4.69) is 24.0 Å². The van der Waals surface area contributed by atoms with Gasteiger partial charge in [0.05, 0.1) is 13.2 Å². The Labute approximate surface area is 176 Å².